The smallest absolute Gasteiger partial charge is 0.293 e. The molecule has 31 heavy (non-hydrogen) atoms. The minimum Gasteiger partial charge on any atom is -0.497 e. The van der Waals surface area contributed by atoms with Crippen molar-refractivity contribution in [3.05, 3.63) is 89.1 Å². The van der Waals surface area contributed by atoms with E-state index in [1.807, 2.05) is 24.3 Å². The number of carbonyl (C=O) groups excluding carboxylic acids is 1. The van der Waals surface area contributed by atoms with Crippen LogP contribution in [0.15, 0.2) is 71.4 Å². The van der Waals surface area contributed by atoms with Gasteiger partial charge in [-0.2, -0.15) is 0 Å². The van der Waals surface area contributed by atoms with E-state index in [1.54, 1.807) is 54.5 Å². The van der Waals surface area contributed by atoms with Crippen LogP contribution in [-0.4, -0.2) is 27.8 Å². The first-order valence-electron chi connectivity index (χ1n) is 9.40. The van der Waals surface area contributed by atoms with E-state index in [0.29, 0.717) is 23.1 Å². The summed E-state index contributed by atoms with van der Waals surface area (Å²) in [6, 6.07) is 17.9. The number of halogens is 1. The highest BCUT2D eigenvalue weighted by atomic mass is 35.5. The van der Waals surface area contributed by atoms with Gasteiger partial charge in [0.15, 0.2) is 5.76 Å². The molecule has 2 heterocycles. The van der Waals surface area contributed by atoms with Gasteiger partial charge in [0.05, 0.1) is 13.7 Å². The second kappa shape index (κ2) is 9.36. The van der Waals surface area contributed by atoms with Gasteiger partial charge in [-0.25, -0.2) is 9.67 Å². The summed E-state index contributed by atoms with van der Waals surface area (Å²) in [4.78, 5) is 16.5. The number of amides is 1. The van der Waals surface area contributed by atoms with Crippen LogP contribution in [0.25, 0.3) is 0 Å². The molecule has 0 aliphatic heterocycles. The second-order valence-corrected chi connectivity index (χ2v) is 7.01. The summed E-state index contributed by atoms with van der Waals surface area (Å²) in [5, 5.41) is 7.55. The van der Waals surface area contributed by atoms with Gasteiger partial charge in [-0.1, -0.05) is 23.7 Å². The number of hydrogen-bond donors (Lipinski definition) is 1. The highest BCUT2D eigenvalue weighted by molar-refractivity contribution is 6.30. The molecule has 0 aliphatic rings. The Labute approximate surface area is 183 Å². The number of nitrogens with zero attached hydrogens (tertiary/aromatic N) is 3. The molecule has 0 saturated heterocycles. The average molecular weight is 439 g/mol. The van der Waals surface area contributed by atoms with Crippen LogP contribution >= 0.6 is 11.6 Å². The largest absolute Gasteiger partial charge is 0.497 e. The van der Waals surface area contributed by atoms with E-state index >= 15 is 0 Å². The van der Waals surface area contributed by atoms with Crippen LogP contribution in [0.2, 0.25) is 5.02 Å². The predicted octanol–water partition coefficient (Wildman–Crippen LogP) is 4.41. The van der Waals surface area contributed by atoms with Crippen molar-refractivity contribution in [1.29, 1.82) is 0 Å². The Balaban J connectivity index is 1.31. The molecule has 8 nitrogen and oxygen atoms in total. The van der Waals surface area contributed by atoms with Crippen LogP contribution in [0.5, 0.6) is 11.5 Å². The highest BCUT2D eigenvalue weighted by Gasteiger charge is 2.14. The summed E-state index contributed by atoms with van der Waals surface area (Å²) >= 11 is 5.89. The lowest BCUT2D eigenvalue weighted by atomic mass is 10.2. The SMILES string of the molecule is COc1ccc(OCc2ccc(C(=O)Nc3ncn(Cc4ccc(Cl)cc4)n3)o2)cc1. The van der Waals surface area contributed by atoms with Crippen LogP contribution in [0, 0.1) is 0 Å². The van der Waals surface area contributed by atoms with Gasteiger partial charge in [-0.15, -0.1) is 5.10 Å². The molecule has 2 aromatic carbocycles. The van der Waals surface area contributed by atoms with Gasteiger partial charge < -0.3 is 13.9 Å². The molecule has 158 valence electrons. The quantitative estimate of drug-likeness (QED) is 0.438. The summed E-state index contributed by atoms with van der Waals surface area (Å²) in [5.41, 5.74) is 1.01. The standard InChI is InChI=1S/C22H19ClN4O4/c1-29-17-6-8-18(9-7-17)30-13-19-10-11-20(31-19)21(28)25-22-24-14-27(26-22)12-15-2-4-16(23)5-3-15/h2-11,14H,12-13H2,1H3,(H,25,26,28). The molecular formula is C22H19ClN4O4. The minimum absolute atomic E-state index is 0.141. The molecule has 0 aliphatic carbocycles. The van der Waals surface area contributed by atoms with E-state index in [1.165, 1.54) is 0 Å². The third kappa shape index (κ3) is 5.43. The normalized spacial score (nSPS) is 10.6. The van der Waals surface area contributed by atoms with Gasteiger partial charge >= 0.3 is 0 Å². The average Bonchev–Trinajstić information content (AvgIpc) is 3.44. The van der Waals surface area contributed by atoms with Crippen molar-refractivity contribution in [3.8, 4) is 11.5 Å². The molecule has 0 bridgehead atoms. The van der Waals surface area contributed by atoms with Gasteiger partial charge in [-0.3, -0.25) is 10.1 Å². The number of aromatic nitrogens is 3. The molecule has 0 atom stereocenters. The molecule has 4 rings (SSSR count). The molecule has 9 heteroatoms. The van der Waals surface area contributed by atoms with Gasteiger partial charge in [-0.05, 0) is 54.1 Å². The van der Waals surface area contributed by atoms with E-state index in [4.69, 9.17) is 25.5 Å². The first-order valence-corrected chi connectivity index (χ1v) is 9.77. The Morgan fingerprint density at radius 3 is 2.55 bits per heavy atom. The fourth-order valence-corrected chi connectivity index (χ4v) is 2.90. The van der Waals surface area contributed by atoms with Gasteiger partial charge in [0, 0.05) is 5.02 Å². The Hall–Kier alpha value is -3.78. The number of ether oxygens (including phenoxy) is 2. The number of methoxy groups -OCH3 is 1. The number of anilines is 1. The fraction of sp³-hybridized carbons (Fsp3) is 0.136. The zero-order valence-electron chi connectivity index (χ0n) is 16.6. The van der Waals surface area contributed by atoms with Crippen molar-refractivity contribution in [3.63, 3.8) is 0 Å². The van der Waals surface area contributed by atoms with Crippen molar-refractivity contribution in [2.45, 2.75) is 13.2 Å². The number of hydrogen-bond acceptors (Lipinski definition) is 6. The van der Waals surface area contributed by atoms with E-state index < -0.39 is 5.91 Å². The summed E-state index contributed by atoms with van der Waals surface area (Å²) < 4.78 is 17.9. The number of rotatable bonds is 8. The van der Waals surface area contributed by atoms with Crippen molar-refractivity contribution < 1.29 is 18.7 Å². The summed E-state index contributed by atoms with van der Waals surface area (Å²) in [6.07, 6.45) is 1.54. The van der Waals surface area contributed by atoms with Crippen LogP contribution in [0.4, 0.5) is 5.95 Å². The first-order chi connectivity index (χ1) is 15.1. The van der Waals surface area contributed by atoms with Crippen LogP contribution in [0.3, 0.4) is 0 Å². The summed E-state index contributed by atoms with van der Waals surface area (Å²) in [7, 11) is 1.60. The molecular weight excluding hydrogens is 420 g/mol. The summed E-state index contributed by atoms with van der Waals surface area (Å²) in [5.74, 6) is 1.81. The molecule has 1 amide bonds. The molecule has 2 aromatic heterocycles. The number of furan rings is 1. The molecule has 0 fully saturated rings. The van der Waals surface area contributed by atoms with Crippen LogP contribution in [-0.2, 0) is 13.2 Å². The van der Waals surface area contributed by atoms with E-state index in [-0.39, 0.29) is 18.3 Å². The van der Waals surface area contributed by atoms with Crippen molar-refractivity contribution in [2.75, 3.05) is 12.4 Å². The van der Waals surface area contributed by atoms with Crippen molar-refractivity contribution in [2.24, 2.45) is 0 Å². The molecule has 4 aromatic rings. The number of carbonyl (C=O) groups is 1. The zero-order valence-corrected chi connectivity index (χ0v) is 17.4. The number of benzene rings is 2. The molecule has 0 saturated carbocycles. The second-order valence-electron chi connectivity index (χ2n) is 6.58. The Kier molecular flexibility index (Phi) is 6.18. The fourth-order valence-electron chi connectivity index (χ4n) is 2.77. The van der Waals surface area contributed by atoms with Crippen molar-refractivity contribution in [1.82, 2.24) is 14.8 Å². The molecule has 0 unspecified atom stereocenters. The Morgan fingerprint density at radius 2 is 1.81 bits per heavy atom. The summed E-state index contributed by atoms with van der Waals surface area (Å²) in [6.45, 7) is 0.696. The van der Waals surface area contributed by atoms with Gasteiger partial charge in [0.2, 0.25) is 5.95 Å². The maximum absolute atomic E-state index is 12.4. The van der Waals surface area contributed by atoms with Crippen LogP contribution in [0.1, 0.15) is 21.9 Å². The van der Waals surface area contributed by atoms with Gasteiger partial charge in [0.1, 0.15) is 30.2 Å². The lowest BCUT2D eigenvalue weighted by Gasteiger charge is -2.05. The number of nitrogens with one attached hydrogen (secondary N) is 1. The predicted molar refractivity (Wildman–Crippen MR) is 115 cm³/mol. The Morgan fingerprint density at radius 1 is 1.06 bits per heavy atom. The lowest BCUT2D eigenvalue weighted by molar-refractivity contribution is 0.0991. The lowest BCUT2D eigenvalue weighted by Crippen LogP contribution is -2.12. The minimum atomic E-state index is -0.444. The molecule has 0 spiro atoms. The van der Waals surface area contributed by atoms with E-state index in [9.17, 15) is 4.79 Å². The van der Waals surface area contributed by atoms with E-state index in [0.717, 1.165) is 11.3 Å². The zero-order chi connectivity index (χ0) is 21.6. The topological polar surface area (TPSA) is 91.4 Å². The highest BCUT2D eigenvalue weighted by Crippen LogP contribution is 2.19. The maximum Gasteiger partial charge on any atom is 0.293 e. The van der Waals surface area contributed by atoms with E-state index in [2.05, 4.69) is 15.4 Å². The molecule has 1 N–H and O–H groups in total. The monoisotopic (exact) mass is 438 g/mol. The third-order valence-electron chi connectivity index (χ3n) is 4.35. The maximum atomic E-state index is 12.4. The molecule has 0 radical (unpaired) electrons. The third-order valence-corrected chi connectivity index (χ3v) is 4.60. The van der Waals surface area contributed by atoms with Gasteiger partial charge in [0.25, 0.3) is 5.91 Å². The van der Waals surface area contributed by atoms with Crippen molar-refractivity contribution >= 4 is 23.5 Å². The van der Waals surface area contributed by atoms with Crippen LogP contribution < -0.4 is 14.8 Å². The Bertz CT molecular complexity index is 1150. The first kappa shape index (κ1) is 20.5.